The second kappa shape index (κ2) is 7.76. The molecule has 0 bridgehead atoms. The largest absolute Gasteiger partial charge is 0.379 e. The lowest BCUT2D eigenvalue weighted by Gasteiger charge is -2.03. The van der Waals surface area contributed by atoms with Crippen molar-refractivity contribution in [1.29, 1.82) is 0 Å². The molecule has 0 atom stereocenters. The van der Waals surface area contributed by atoms with Gasteiger partial charge >= 0.3 is 0 Å². The summed E-state index contributed by atoms with van der Waals surface area (Å²) in [7, 11) is 0. The zero-order valence-corrected chi connectivity index (χ0v) is 7.27. The maximum Gasteiger partial charge on any atom is 0.0700 e. The monoisotopic (exact) mass is 157 g/mol. The smallest absolute Gasteiger partial charge is 0.0700 e. The predicted molar refractivity (Wildman–Crippen MR) is 46.4 cm³/mol. The molecule has 0 amide bonds. The molecule has 0 heterocycles. The normalized spacial score (nSPS) is 10.0. The highest BCUT2D eigenvalue weighted by Gasteiger charge is 1.88. The minimum Gasteiger partial charge on any atom is -0.379 e. The fourth-order valence-electron chi connectivity index (χ4n) is 0.568. The third-order valence-electron chi connectivity index (χ3n) is 1.19. The Bertz CT molecular complexity index is 99.7. The summed E-state index contributed by atoms with van der Waals surface area (Å²) in [6.07, 6.45) is 0.935. The van der Waals surface area contributed by atoms with Crippen molar-refractivity contribution in [3.05, 3.63) is 19.1 Å². The predicted octanol–water partition coefficient (Wildman–Crippen LogP) is 1.82. The molecule has 2 nitrogen and oxygen atoms in total. The van der Waals surface area contributed by atoms with Crippen LogP contribution < -0.4 is 0 Å². The van der Waals surface area contributed by atoms with Gasteiger partial charge in [0.1, 0.15) is 0 Å². The van der Waals surface area contributed by atoms with Crippen molar-refractivity contribution >= 4 is 0 Å². The van der Waals surface area contributed by atoms with Crippen LogP contribution in [0.2, 0.25) is 0 Å². The zero-order chi connectivity index (χ0) is 8.53. The molecule has 0 aliphatic carbocycles. The van der Waals surface area contributed by atoms with Gasteiger partial charge in [0, 0.05) is 6.61 Å². The van der Waals surface area contributed by atoms with Gasteiger partial charge in [0.05, 0.1) is 19.8 Å². The highest BCUT2D eigenvalue weighted by molar-refractivity contribution is 4.86. The fraction of sp³-hybridized carbons (Fsp3) is 0.667. The molecule has 0 spiro atoms. The van der Waals surface area contributed by atoms with E-state index in [1.807, 2.05) is 6.92 Å². The average Bonchev–Trinajstić information content (AvgIpc) is 1.96. The standard InChI is InChI=1S/C9H17O2/c1-4-10-7-8-11-6-5-9(2)3/h1-2,4-8H2,3H3. The first-order valence-corrected chi connectivity index (χ1v) is 3.86. The van der Waals surface area contributed by atoms with E-state index < -0.39 is 0 Å². The summed E-state index contributed by atoms with van der Waals surface area (Å²) in [5, 5.41) is 0. The van der Waals surface area contributed by atoms with E-state index in [1.54, 1.807) is 0 Å². The third kappa shape index (κ3) is 9.66. The van der Waals surface area contributed by atoms with Crippen LogP contribution in [0.5, 0.6) is 0 Å². The molecule has 0 aromatic heterocycles. The third-order valence-corrected chi connectivity index (χ3v) is 1.19. The van der Waals surface area contributed by atoms with Gasteiger partial charge in [-0.15, -0.1) is 6.58 Å². The molecule has 0 unspecified atom stereocenters. The molecular weight excluding hydrogens is 140 g/mol. The molecule has 1 radical (unpaired) electrons. The zero-order valence-electron chi connectivity index (χ0n) is 7.27. The fourth-order valence-corrected chi connectivity index (χ4v) is 0.568. The van der Waals surface area contributed by atoms with Gasteiger partial charge in [0.25, 0.3) is 0 Å². The lowest BCUT2D eigenvalue weighted by Crippen LogP contribution is -2.04. The topological polar surface area (TPSA) is 18.5 Å². The minimum atomic E-state index is 0.518. The Kier molecular flexibility index (Phi) is 7.52. The van der Waals surface area contributed by atoms with Crippen molar-refractivity contribution in [2.75, 3.05) is 26.4 Å². The van der Waals surface area contributed by atoms with Gasteiger partial charge in [0.15, 0.2) is 0 Å². The summed E-state index contributed by atoms with van der Waals surface area (Å²) in [5.41, 5.74) is 1.16. The van der Waals surface area contributed by atoms with E-state index >= 15 is 0 Å². The maximum absolute atomic E-state index is 5.23. The number of hydrogen-bond donors (Lipinski definition) is 0. The van der Waals surface area contributed by atoms with E-state index in [2.05, 4.69) is 13.5 Å². The summed E-state index contributed by atoms with van der Waals surface area (Å²) < 4.78 is 10.2. The molecule has 0 aliphatic heterocycles. The molecule has 0 saturated heterocycles. The molecule has 2 heteroatoms. The minimum absolute atomic E-state index is 0.518. The Balaban J connectivity index is 2.85. The number of ether oxygens (including phenoxy) is 2. The van der Waals surface area contributed by atoms with Gasteiger partial charge in [-0.3, -0.25) is 0 Å². The van der Waals surface area contributed by atoms with Crippen LogP contribution in [0, 0.1) is 6.92 Å². The van der Waals surface area contributed by atoms with Crippen molar-refractivity contribution in [2.45, 2.75) is 13.3 Å². The Morgan fingerprint density at radius 1 is 1.18 bits per heavy atom. The Labute approximate surface area is 69.2 Å². The van der Waals surface area contributed by atoms with Gasteiger partial charge in [-0.05, 0) is 20.3 Å². The van der Waals surface area contributed by atoms with Gasteiger partial charge in [-0.25, -0.2) is 0 Å². The first kappa shape index (κ1) is 10.7. The summed E-state index contributed by atoms with van der Waals surface area (Å²) >= 11 is 0. The lowest BCUT2D eigenvalue weighted by atomic mass is 10.3. The molecule has 0 N–H and O–H groups in total. The second-order valence-electron chi connectivity index (χ2n) is 2.43. The first-order chi connectivity index (χ1) is 5.27. The Morgan fingerprint density at radius 2 is 1.82 bits per heavy atom. The van der Waals surface area contributed by atoms with Crippen LogP contribution >= 0.6 is 0 Å². The van der Waals surface area contributed by atoms with Crippen molar-refractivity contribution in [2.24, 2.45) is 0 Å². The second-order valence-corrected chi connectivity index (χ2v) is 2.43. The van der Waals surface area contributed by atoms with E-state index in [1.165, 1.54) is 0 Å². The number of rotatable bonds is 7. The Morgan fingerprint density at radius 3 is 2.36 bits per heavy atom. The van der Waals surface area contributed by atoms with Gasteiger partial charge < -0.3 is 9.47 Å². The van der Waals surface area contributed by atoms with E-state index in [4.69, 9.17) is 9.47 Å². The molecular formula is C9H17O2. The molecule has 0 saturated carbocycles. The molecule has 0 aliphatic rings. The van der Waals surface area contributed by atoms with E-state index in [0.717, 1.165) is 18.6 Å². The molecule has 11 heavy (non-hydrogen) atoms. The van der Waals surface area contributed by atoms with Gasteiger partial charge in [-0.2, -0.15) is 0 Å². The van der Waals surface area contributed by atoms with Gasteiger partial charge in [0.2, 0.25) is 0 Å². The van der Waals surface area contributed by atoms with Crippen LogP contribution in [0.25, 0.3) is 0 Å². The van der Waals surface area contributed by atoms with E-state index in [0.29, 0.717) is 19.8 Å². The van der Waals surface area contributed by atoms with Crippen molar-refractivity contribution in [3.63, 3.8) is 0 Å². The van der Waals surface area contributed by atoms with Crippen LogP contribution in [0.1, 0.15) is 13.3 Å². The molecule has 0 rings (SSSR count). The lowest BCUT2D eigenvalue weighted by molar-refractivity contribution is 0.0592. The van der Waals surface area contributed by atoms with Crippen molar-refractivity contribution < 1.29 is 9.47 Å². The summed E-state index contributed by atoms with van der Waals surface area (Å²) in [4.78, 5) is 0. The van der Waals surface area contributed by atoms with Crippen LogP contribution in [0.15, 0.2) is 12.2 Å². The summed E-state index contributed by atoms with van der Waals surface area (Å²) in [6, 6.07) is 0. The van der Waals surface area contributed by atoms with E-state index in [-0.39, 0.29) is 0 Å². The van der Waals surface area contributed by atoms with Crippen molar-refractivity contribution in [3.8, 4) is 0 Å². The number of hydrogen-bond acceptors (Lipinski definition) is 2. The quantitative estimate of drug-likeness (QED) is 0.414. The SMILES string of the molecule is [CH2]COCCOCCC(=C)C. The van der Waals surface area contributed by atoms with Crippen LogP contribution in [0.4, 0.5) is 0 Å². The molecule has 0 aromatic rings. The summed E-state index contributed by atoms with van der Waals surface area (Å²) in [5.74, 6) is 0. The molecule has 0 fully saturated rings. The maximum atomic E-state index is 5.23. The van der Waals surface area contributed by atoms with Crippen molar-refractivity contribution in [1.82, 2.24) is 0 Å². The van der Waals surface area contributed by atoms with Crippen LogP contribution in [-0.2, 0) is 9.47 Å². The van der Waals surface area contributed by atoms with Gasteiger partial charge in [-0.1, -0.05) is 5.57 Å². The van der Waals surface area contributed by atoms with Crippen LogP contribution in [0.3, 0.4) is 0 Å². The highest BCUT2D eigenvalue weighted by Crippen LogP contribution is 1.94. The van der Waals surface area contributed by atoms with E-state index in [9.17, 15) is 0 Å². The molecule has 0 aromatic carbocycles. The van der Waals surface area contributed by atoms with Crippen LogP contribution in [-0.4, -0.2) is 26.4 Å². The first-order valence-electron chi connectivity index (χ1n) is 3.86. The Hall–Kier alpha value is -0.340. The molecule has 65 valence electrons. The summed E-state index contributed by atoms with van der Waals surface area (Å²) in [6.45, 7) is 11.9. The average molecular weight is 157 g/mol. The highest BCUT2D eigenvalue weighted by atomic mass is 16.5.